The lowest BCUT2D eigenvalue weighted by atomic mass is 10.1. The van der Waals surface area contributed by atoms with Crippen LogP contribution in [0.5, 0.6) is 0 Å². The Morgan fingerprint density at radius 2 is 2.00 bits per heavy atom. The van der Waals surface area contributed by atoms with E-state index in [1.54, 1.807) is 0 Å². The number of amides is 1. The number of benzene rings is 1. The number of carbonyl (C=O) groups excluding carboxylic acids is 1. The minimum atomic E-state index is 0.136. The lowest BCUT2D eigenvalue weighted by Gasteiger charge is -2.22. The predicted octanol–water partition coefficient (Wildman–Crippen LogP) is 3.83. The first-order chi connectivity index (χ1) is 9.56. The van der Waals surface area contributed by atoms with Crippen LogP contribution in [-0.4, -0.2) is 19.0 Å². The average Bonchev–Trinajstić information content (AvgIpc) is 3.26. The van der Waals surface area contributed by atoms with Crippen LogP contribution in [0.1, 0.15) is 39.2 Å². The summed E-state index contributed by atoms with van der Waals surface area (Å²) < 4.78 is 0. The van der Waals surface area contributed by atoms with Gasteiger partial charge in [-0.05, 0) is 63.3 Å². The second kappa shape index (κ2) is 6.29. The van der Waals surface area contributed by atoms with Gasteiger partial charge in [-0.1, -0.05) is 6.92 Å². The van der Waals surface area contributed by atoms with E-state index in [1.165, 1.54) is 18.5 Å². The minimum absolute atomic E-state index is 0.136. The number of anilines is 2. The molecule has 0 bridgehead atoms. The predicted molar refractivity (Wildman–Crippen MR) is 85.3 cm³/mol. The molecule has 1 atom stereocenters. The van der Waals surface area contributed by atoms with Crippen LogP contribution < -0.4 is 10.2 Å². The molecule has 0 heterocycles. The lowest BCUT2D eigenvalue weighted by molar-refractivity contribution is -0.119. The number of rotatable bonds is 6. The van der Waals surface area contributed by atoms with Crippen LogP contribution in [-0.2, 0) is 4.79 Å². The van der Waals surface area contributed by atoms with Crippen molar-refractivity contribution >= 4 is 17.3 Å². The van der Waals surface area contributed by atoms with E-state index in [4.69, 9.17) is 0 Å². The molecule has 1 aliphatic rings. The van der Waals surface area contributed by atoms with Gasteiger partial charge in [0, 0.05) is 30.4 Å². The van der Waals surface area contributed by atoms with Crippen molar-refractivity contribution in [2.45, 2.75) is 40.5 Å². The molecule has 1 saturated carbocycles. The Morgan fingerprint density at radius 3 is 2.50 bits per heavy atom. The molecular weight excluding hydrogens is 248 g/mol. The van der Waals surface area contributed by atoms with Gasteiger partial charge in [0.1, 0.15) is 0 Å². The Balaban J connectivity index is 2.07. The number of nitrogens with zero attached hydrogens (tertiary/aromatic N) is 1. The third-order valence-electron chi connectivity index (χ3n) is 4.34. The normalized spacial score (nSPS) is 15.8. The Morgan fingerprint density at radius 1 is 1.35 bits per heavy atom. The van der Waals surface area contributed by atoms with Crippen LogP contribution >= 0.6 is 0 Å². The molecule has 1 amide bonds. The van der Waals surface area contributed by atoms with Crippen molar-refractivity contribution in [1.82, 2.24) is 0 Å². The monoisotopic (exact) mass is 274 g/mol. The van der Waals surface area contributed by atoms with Crippen molar-refractivity contribution in [1.29, 1.82) is 0 Å². The van der Waals surface area contributed by atoms with Crippen LogP contribution in [0.25, 0.3) is 0 Å². The third kappa shape index (κ3) is 3.33. The number of nitrogens with one attached hydrogen (secondary N) is 1. The molecule has 0 spiro atoms. The van der Waals surface area contributed by atoms with Gasteiger partial charge in [-0.25, -0.2) is 0 Å². The van der Waals surface area contributed by atoms with Crippen molar-refractivity contribution in [3.05, 3.63) is 23.8 Å². The molecule has 1 fully saturated rings. The first-order valence-corrected chi connectivity index (χ1v) is 7.73. The molecule has 1 N–H and O–H groups in total. The van der Waals surface area contributed by atoms with Gasteiger partial charge in [0.05, 0.1) is 0 Å². The van der Waals surface area contributed by atoms with Gasteiger partial charge in [0.2, 0.25) is 5.91 Å². The Hall–Kier alpha value is -1.51. The Labute approximate surface area is 122 Å². The number of carbonyl (C=O) groups is 1. The average molecular weight is 274 g/mol. The van der Waals surface area contributed by atoms with Crippen molar-refractivity contribution < 1.29 is 4.79 Å². The smallest absolute Gasteiger partial charge is 0.227 e. The summed E-state index contributed by atoms with van der Waals surface area (Å²) in [4.78, 5) is 14.5. The first kappa shape index (κ1) is 14.9. The summed E-state index contributed by atoms with van der Waals surface area (Å²) in [7, 11) is 0. The van der Waals surface area contributed by atoms with Crippen LogP contribution in [0.3, 0.4) is 0 Å². The van der Waals surface area contributed by atoms with E-state index in [0.717, 1.165) is 24.3 Å². The summed E-state index contributed by atoms with van der Waals surface area (Å²) in [5.41, 5.74) is 3.30. The second-order valence-corrected chi connectivity index (χ2v) is 5.79. The molecule has 20 heavy (non-hydrogen) atoms. The van der Waals surface area contributed by atoms with Gasteiger partial charge >= 0.3 is 0 Å². The van der Waals surface area contributed by atoms with E-state index < -0.39 is 0 Å². The van der Waals surface area contributed by atoms with E-state index in [1.807, 2.05) is 13.0 Å². The molecule has 1 unspecified atom stereocenters. The molecular formula is C17H26N2O. The van der Waals surface area contributed by atoms with Crippen molar-refractivity contribution in [2.24, 2.45) is 11.8 Å². The fourth-order valence-electron chi connectivity index (χ4n) is 2.63. The standard InChI is InChI=1S/C17H26N2O/c1-5-19(6-2)15-9-10-16(12(3)11-15)18-17(20)13(4)14-7-8-14/h9-11,13-14H,5-8H2,1-4H3,(H,18,20). The van der Waals surface area contributed by atoms with E-state index in [-0.39, 0.29) is 11.8 Å². The highest BCUT2D eigenvalue weighted by molar-refractivity contribution is 5.93. The topological polar surface area (TPSA) is 32.3 Å². The molecule has 0 saturated heterocycles. The summed E-state index contributed by atoms with van der Waals surface area (Å²) in [6.07, 6.45) is 2.41. The molecule has 1 aliphatic carbocycles. The summed E-state index contributed by atoms with van der Waals surface area (Å²) in [5.74, 6) is 0.897. The maximum Gasteiger partial charge on any atom is 0.227 e. The van der Waals surface area contributed by atoms with E-state index in [9.17, 15) is 4.79 Å². The van der Waals surface area contributed by atoms with E-state index in [2.05, 4.69) is 43.1 Å². The number of hydrogen-bond acceptors (Lipinski definition) is 2. The largest absolute Gasteiger partial charge is 0.372 e. The lowest BCUT2D eigenvalue weighted by Crippen LogP contribution is -2.23. The molecule has 110 valence electrons. The molecule has 1 aromatic rings. The van der Waals surface area contributed by atoms with Crippen molar-refractivity contribution in [2.75, 3.05) is 23.3 Å². The SMILES string of the molecule is CCN(CC)c1ccc(NC(=O)C(C)C2CC2)c(C)c1. The van der Waals surface area contributed by atoms with Gasteiger partial charge in [-0.2, -0.15) is 0 Å². The maximum atomic E-state index is 12.2. The fraction of sp³-hybridized carbons (Fsp3) is 0.588. The first-order valence-electron chi connectivity index (χ1n) is 7.73. The summed E-state index contributed by atoms with van der Waals surface area (Å²) in [6.45, 7) is 10.4. The minimum Gasteiger partial charge on any atom is -0.372 e. The Kier molecular flexibility index (Phi) is 4.69. The number of hydrogen-bond donors (Lipinski definition) is 1. The maximum absolute atomic E-state index is 12.2. The van der Waals surface area contributed by atoms with E-state index >= 15 is 0 Å². The highest BCUT2D eigenvalue weighted by Gasteiger charge is 2.32. The molecule has 2 rings (SSSR count). The molecule has 0 aliphatic heterocycles. The summed E-state index contributed by atoms with van der Waals surface area (Å²) >= 11 is 0. The van der Waals surface area contributed by atoms with Gasteiger partial charge in [0.25, 0.3) is 0 Å². The van der Waals surface area contributed by atoms with Crippen LogP contribution in [0.4, 0.5) is 11.4 Å². The highest BCUT2D eigenvalue weighted by atomic mass is 16.1. The second-order valence-electron chi connectivity index (χ2n) is 5.79. The zero-order valence-corrected chi connectivity index (χ0v) is 13.1. The molecule has 3 nitrogen and oxygen atoms in total. The summed E-state index contributed by atoms with van der Waals surface area (Å²) in [6, 6.07) is 6.28. The molecule has 0 radical (unpaired) electrons. The zero-order valence-electron chi connectivity index (χ0n) is 13.1. The van der Waals surface area contributed by atoms with Crippen LogP contribution in [0.15, 0.2) is 18.2 Å². The van der Waals surface area contributed by atoms with Gasteiger partial charge in [-0.3, -0.25) is 4.79 Å². The summed E-state index contributed by atoms with van der Waals surface area (Å²) in [5, 5.41) is 3.08. The van der Waals surface area contributed by atoms with E-state index in [0.29, 0.717) is 5.92 Å². The molecule has 3 heteroatoms. The fourth-order valence-corrected chi connectivity index (χ4v) is 2.63. The third-order valence-corrected chi connectivity index (χ3v) is 4.34. The van der Waals surface area contributed by atoms with Gasteiger partial charge in [0.15, 0.2) is 0 Å². The molecule has 0 aromatic heterocycles. The van der Waals surface area contributed by atoms with Gasteiger partial charge in [-0.15, -0.1) is 0 Å². The quantitative estimate of drug-likeness (QED) is 0.855. The molecule has 1 aromatic carbocycles. The zero-order chi connectivity index (χ0) is 14.7. The Bertz CT molecular complexity index is 476. The van der Waals surface area contributed by atoms with Gasteiger partial charge < -0.3 is 10.2 Å². The van der Waals surface area contributed by atoms with Crippen LogP contribution in [0.2, 0.25) is 0 Å². The highest BCUT2D eigenvalue weighted by Crippen LogP contribution is 2.37. The van der Waals surface area contributed by atoms with Crippen molar-refractivity contribution in [3.63, 3.8) is 0 Å². The van der Waals surface area contributed by atoms with Crippen molar-refractivity contribution in [3.8, 4) is 0 Å². The number of aryl methyl sites for hydroxylation is 1. The van der Waals surface area contributed by atoms with Crippen LogP contribution in [0, 0.1) is 18.8 Å².